The number of methoxy groups -OCH3 is 1. The highest BCUT2D eigenvalue weighted by Crippen LogP contribution is 2.22. The molecule has 30 heavy (non-hydrogen) atoms. The van der Waals surface area contributed by atoms with Crippen molar-refractivity contribution in [2.24, 2.45) is 4.99 Å². The fraction of sp³-hybridized carbons (Fsp3) is 0.227. The van der Waals surface area contributed by atoms with Crippen LogP contribution in [0, 0.1) is 11.6 Å². The average Bonchev–Trinajstić information content (AvgIpc) is 2.73. The summed E-state index contributed by atoms with van der Waals surface area (Å²) in [6.45, 7) is 10.7. The van der Waals surface area contributed by atoms with Gasteiger partial charge in [-0.3, -0.25) is 0 Å². The standard InChI is InChI=1S/C22H23F2N3O3/c1-5-17(11-20-15(3)29-8-9-30-20)26-22-25-14(2)21(28-4)13-27(22)12-16-6-7-18(23)19(24)10-16/h5-7,10-11,13H,2-3,8-9,12H2,1,4H3,(H,25,26)/b17-5-,20-11+. The molecule has 3 rings (SSSR count). The summed E-state index contributed by atoms with van der Waals surface area (Å²) in [6, 6.07) is 3.74. The highest BCUT2D eigenvalue weighted by atomic mass is 19.2. The lowest BCUT2D eigenvalue weighted by Crippen LogP contribution is -2.39. The first-order chi connectivity index (χ1) is 14.4. The van der Waals surface area contributed by atoms with E-state index in [4.69, 9.17) is 14.2 Å². The summed E-state index contributed by atoms with van der Waals surface area (Å²) in [4.78, 5) is 6.18. The van der Waals surface area contributed by atoms with E-state index in [1.165, 1.54) is 13.2 Å². The Kier molecular flexibility index (Phi) is 6.56. The van der Waals surface area contributed by atoms with E-state index in [-0.39, 0.29) is 6.54 Å². The van der Waals surface area contributed by atoms with E-state index in [2.05, 4.69) is 23.5 Å². The fourth-order valence-electron chi connectivity index (χ4n) is 2.80. The third kappa shape index (κ3) is 4.89. The van der Waals surface area contributed by atoms with Gasteiger partial charge in [-0.2, -0.15) is 0 Å². The van der Waals surface area contributed by atoms with Crippen molar-refractivity contribution in [3.8, 4) is 0 Å². The summed E-state index contributed by atoms with van der Waals surface area (Å²) >= 11 is 0. The minimum absolute atomic E-state index is 0.225. The van der Waals surface area contributed by atoms with Gasteiger partial charge in [0, 0.05) is 11.8 Å². The monoisotopic (exact) mass is 415 g/mol. The maximum atomic E-state index is 13.7. The van der Waals surface area contributed by atoms with Crippen molar-refractivity contribution in [1.29, 1.82) is 0 Å². The van der Waals surface area contributed by atoms with Crippen LogP contribution in [0.5, 0.6) is 0 Å². The van der Waals surface area contributed by atoms with Gasteiger partial charge in [0.05, 0.1) is 19.9 Å². The topological polar surface area (TPSA) is 55.3 Å². The number of hydrogen-bond acceptors (Lipinski definition) is 6. The molecule has 1 aromatic rings. The van der Waals surface area contributed by atoms with Gasteiger partial charge in [-0.15, -0.1) is 0 Å². The van der Waals surface area contributed by atoms with Gasteiger partial charge in [0.15, 0.2) is 28.9 Å². The molecule has 1 N–H and O–H groups in total. The molecule has 8 heteroatoms. The molecule has 6 nitrogen and oxygen atoms in total. The van der Waals surface area contributed by atoms with Crippen LogP contribution in [0.2, 0.25) is 0 Å². The molecule has 2 aliphatic rings. The molecule has 0 saturated carbocycles. The summed E-state index contributed by atoms with van der Waals surface area (Å²) in [5.41, 5.74) is 1.65. The Hall–Kier alpha value is -3.55. The lowest BCUT2D eigenvalue weighted by Gasteiger charge is -2.28. The molecule has 1 fully saturated rings. The predicted octanol–water partition coefficient (Wildman–Crippen LogP) is 4.08. The third-order valence-electron chi connectivity index (χ3n) is 4.37. The van der Waals surface area contributed by atoms with Crippen LogP contribution in [-0.2, 0) is 20.8 Å². The molecule has 0 radical (unpaired) electrons. The van der Waals surface area contributed by atoms with Crippen molar-refractivity contribution in [3.63, 3.8) is 0 Å². The van der Waals surface area contributed by atoms with Crippen LogP contribution >= 0.6 is 0 Å². The van der Waals surface area contributed by atoms with Gasteiger partial charge < -0.3 is 24.4 Å². The summed E-state index contributed by atoms with van der Waals surface area (Å²) in [6.07, 6.45) is 5.27. The van der Waals surface area contributed by atoms with Crippen LogP contribution < -0.4 is 5.32 Å². The Morgan fingerprint density at radius 2 is 2.03 bits per heavy atom. The highest BCUT2D eigenvalue weighted by molar-refractivity contribution is 5.85. The molecule has 0 spiro atoms. The Labute approximate surface area is 174 Å². The molecular formula is C22H23F2N3O3. The van der Waals surface area contributed by atoms with Gasteiger partial charge in [0.1, 0.15) is 18.9 Å². The zero-order valence-electron chi connectivity index (χ0n) is 16.9. The normalized spacial score (nSPS) is 18.5. The number of rotatable bonds is 5. The lowest BCUT2D eigenvalue weighted by atomic mass is 10.2. The van der Waals surface area contributed by atoms with Crippen LogP contribution in [0.25, 0.3) is 0 Å². The number of halogens is 2. The number of guanidine groups is 1. The van der Waals surface area contributed by atoms with Gasteiger partial charge >= 0.3 is 0 Å². The zero-order valence-corrected chi connectivity index (χ0v) is 16.9. The van der Waals surface area contributed by atoms with Crippen LogP contribution in [0.1, 0.15) is 12.5 Å². The van der Waals surface area contributed by atoms with E-state index in [0.717, 1.165) is 12.1 Å². The number of ether oxygens (including phenoxy) is 3. The molecule has 0 atom stereocenters. The SMILES string of the molecule is C=C1N=C(NC(=C\C)/C=C2/OCCOC2=C)N(Cc2ccc(F)c(F)c2)C=C1OC. The van der Waals surface area contributed by atoms with E-state index in [1.807, 2.05) is 13.0 Å². The molecule has 2 heterocycles. The van der Waals surface area contributed by atoms with Gasteiger partial charge in [-0.05, 0) is 24.6 Å². The van der Waals surface area contributed by atoms with Crippen LogP contribution in [-0.4, -0.2) is 31.2 Å². The second kappa shape index (κ2) is 9.30. The van der Waals surface area contributed by atoms with Crippen molar-refractivity contribution in [3.05, 3.63) is 95.6 Å². The second-order valence-corrected chi connectivity index (χ2v) is 6.45. The molecule has 0 bridgehead atoms. The molecular weight excluding hydrogens is 392 g/mol. The second-order valence-electron chi connectivity index (χ2n) is 6.45. The number of benzene rings is 1. The highest BCUT2D eigenvalue weighted by Gasteiger charge is 2.21. The Morgan fingerprint density at radius 1 is 1.27 bits per heavy atom. The molecule has 0 aromatic heterocycles. The van der Waals surface area contributed by atoms with Crippen LogP contribution in [0.15, 0.2) is 83.4 Å². The molecule has 2 aliphatic heterocycles. The lowest BCUT2D eigenvalue weighted by molar-refractivity contribution is 0.0604. The Balaban J connectivity index is 1.85. The van der Waals surface area contributed by atoms with E-state index in [0.29, 0.717) is 53.4 Å². The van der Waals surface area contributed by atoms with E-state index in [9.17, 15) is 8.78 Å². The number of nitrogens with one attached hydrogen (secondary N) is 1. The van der Waals surface area contributed by atoms with Crippen LogP contribution in [0.3, 0.4) is 0 Å². The number of nitrogens with zero attached hydrogens (tertiary/aromatic N) is 2. The Bertz CT molecular complexity index is 980. The van der Waals surface area contributed by atoms with Gasteiger partial charge in [0.25, 0.3) is 0 Å². The maximum Gasteiger partial charge on any atom is 0.208 e. The van der Waals surface area contributed by atoms with Crippen molar-refractivity contribution in [2.45, 2.75) is 13.5 Å². The van der Waals surface area contributed by atoms with Gasteiger partial charge in [0.2, 0.25) is 5.96 Å². The Morgan fingerprint density at radius 3 is 2.70 bits per heavy atom. The van der Waals surface area contributed by atoms with Crippen LogP contribution in [0.4, 0.5) is 8.78 Å². The molecule has 1 aromatic carbocycles. The summed E-state index contributed by atoms with van der Waals surface area (Å²) < 4.78 is 43.2. The quantitative estimate of drug-likeness (QED) is 0.786. The average molecular weight is 415 g/mol. The van der Waals surface area contributed by atoms with Crippen molar-refractivity contribution in [2.75, 3.05) is 20.3 Å². The first kappa shape index (κ1) is 21.2. The first-order valence-electron chi connectivity index (χ1n) is 9.25. The van der Waals surface area contributed by atoms with Crippen molar-refractivity contribution >= 4 is 5.96 Å². The molecule has 0 amide bonds. The molecule has 0 unspecified atom stereocenters. The van der Waals surface area contributed by atoms with Crippen molar-refractivity contribution in [1.82, 2.24) is 10.2 Å². The largest absolute Gasteiger partial charge is 0.493 e. The fourth-order valence-corrected chi connectivity index (χ4v) is 2.80. The summed E-state index contributed by atoms with van der Waals surface area (Å²) in [5.74, 6) is 0.0283. The molecule has 1 saturated heterocycles. The predicted molar refractivity (Wildman–Crippen MR) is 110 cm³/mol. The summed E-state index contributed by atoms with van der Waals surface area (Å²) in [5, 5.41) is 3.20. The minimum Gasteiger partial charge on any atom is -0.493 e. The smallest absolute Gasteiger partial charge is 0.208 e. The van der Waals surface area contributed by atoms with Crippen molar-refractivity contribution < 1.29 is 23.0 Å². The van der Waals surface area contributed by atoms with Gasteiger partial charge in [-0.1, -0.05) is 25.3 Å². The first-order valence-corrected chi connectivity index (χ1v) is 9.25. The number of aliphatic imine (C=N–C) groups is 1. The zero-order chi connectivity index (χ0) is 21.7. The maximum absolute atomic E-state index is 13.7. The summed E-state index contributed by atoms with van der Waals surface area (Å²) in [7, 11) is 1.51. The van der Waals surface area contributed by atoms with E-state index in [1.54, 1.807) is 17.2 Å². The number of allylic oxidation sites excluding steroid dienone is 2. The van der Waals surface area contributed by atoms with E-state index < -0.39 is 11.6 Å². The van der Waals surface area contributed by atoms with E-state index >= 15 is 0 Å². The molecule has 0 aliphatic carbocycles. The number of hydrogen-bond donors (Lipinski definition) is 1. The molecule has 158 valence electrons. The van der Waals surface area contributed by atoms with Gasteiger partial charge in [-0.25, -0.2) is 13.8 Å². The minimum atomic E-state index is -0.914. The third-order valence-corrected chi connectivity index (χ3v) is 4.37.